The maximum absolute atomic E-state index is 12.7. The Morgan fingerprint density at radius 2 is 1.96 bits per heavy atom. The molecule has 0 N–H and O–H groups in total. The predicted molar refractivity (Wildman–Crippen MR) is 77.1 cm³/mol. The van der Waals surface area contributed by atoms with E-state index in [-0.39, 0.29) is 11.3 Å². The molecule has 0 aliphatic heterocycles. The molecule has 0 atom stereocenters. The number of rotatable bonds is 2. The summed E-state index contributed by atoms with van der Waals surface area (Å²) < 4.78 is 44.9. The number of imidazole rings is 1. The van der Waals surface area contributed by atoms with Crippen LogP contribution in [-0.4, -0.2) is 15.5 Å². The van der Waals surface area contributed by atoms with Gasteiger partial charge in [0.25, 0.3) is 0 Å². The second-order valence-electron chi connectivity index (χ2n) is 4.97. The number of aryl methyl sites for hydroxylation is 1. The van der Waals surface area contributed by atoms with Crippen molar-refractivity contribution >= 4 is 17.0 Å². The van der Waals surface area contributed by atoms with Crippen LogP contribution >= 0.6 is 0 Å². The second-order valence-corrected chi connectivity index (χ2v) is 4.97. The number of ether oxygens (including phenoxy) is 1. The molecule has 0 aliphatic carbocycles. The van der Waals surface area contributed by atoms with Crippen molar-refractivity contribution < 1.29 is 22.7 Å². The summed E-state index contributed by atoms with van der Waals surface area (Å²) in [7, 11) is 1.82. The van der Waals surface area contributed by atoms with E-state index in [1.54, 1.807) is 29.1 Å². The molecule has 118 valence electrons. The van der Waals surface area contributed by atoms with Crippen LogP contribution in [0.25, 0.3) is 11.0 Å². The van der Waals surface area contributed by atoms with Crippen LogP contribution < -0.4 is 4.74 Å². The molecule has 0 radical (unpaired) electrons. The standard InChI is InChI=1S/C16H11F3N2O2/c1-21-9-20-13-8-12(5-6-14(13)21)23-15(22)10-3-2-4-11(7-10)16(17,18)19/h2-9H,1H3. The zero-order chi connectivity index (χ0) is 16.6. The number of esters is 1. The molecule has 0 spiro atoms. The average molecular weight is 320 g/mol. The Labute approximate surface area is 129 Å². The second kappa shape index (κ2) is 5.42. The van der Waals surface area contributed by atoms with E-state index >= 15 is 0 Å². The summed E-state index contributed by atoms with van der Waals surface area (Å²) in [5.41, 5.74) is 0.416. The SMILES string of the molecule is Cn1cnc2cc(OC(=O)c3cccc(C(F)(F)F)c3)ccc21. The molecule has 1 heterocycles. The minimum atomic E-state index is -4.51. The van der Waals surface area contributed by atoms with Gasteiger partial charge >= 0.3 is 12.1 Å². The van der Waals surface area contributed by atoms with Gasteiger partial charge in [0.15, 0.2) is 0 Å². The number of hydrogen-bond donors (Lipinski definition) is 0. The molecule has 3 aromatic rings. The lowest BCUT2D eigenvalue weighted by Crippen LogP contribution is -2.11. The van der Waals surface area contributed by atoms with E-state index in [0.717, 1.165) is 17.6 Å². The van der Waals surface area contributed by atoms with Crippen LogP contribution in [0.4, 0.5) is 13.2 Å². The van der Waals surface area contributed by atoms with Gasteiger partial charge in [-0.25, -0.2) is 9.78 Å². The Morgan fingerprint density at radius 3 is 2.70 bits per heavy atom. The van der Waals surface area contributed by atoms with Crippen molar-refractivity contribution in [1.82, 2.24) is 9.55 Å². The molecule has 0 aliphatic rings. The van der Waals surface area contributed by atoms with Gasteiger partial charge in [0, 0.05) is 13.1 Å². The molecule has 2 aromatic carbocycles. The third-order valence-corrected chi connectivity index (χ3v) is 3.33. The first-order chi connectivity index (χ1) is 10.8. The first-order valence-electron chi connectivity index (χ1n) is 6.65. The van der Waals surface area contributed by atoms with Crippen LogP contribution in [0.1, 0.15) is 15.9 Å². The molecule has 0 fully saturated rings. The zero-order valence-corrected chi connectivity index (χ0v) is 12.0. The number of halogens is 3. The van der Waals surface area contributed by atoms with E-state index in [1.807, 2.05) is 7.05 Å². The van der Waals surface area contributed by atoms with Gasteiger partial charge in [-0.1, -0.05) is 6.07 Å². The fourth-order valence-corrected chi connectivity index (χ4v) is 2.17. The van der Waals surface area contributed by atoms with Crippen molar-refractivity contribution in [2.24, 2.45) is 7.05 Å². The summed E-state index contributed by atoms with van der Waals surface area (Å²) in [5, 5.41) is 0. The number of alkyl halides is 3. The number of carbonyl (C=O) groups is 1. The maximum Gasteiger partial charge on any atom is 0.416 e. The molecule has 0 unspecified atom stereocenters. The van der Waals surface area contributed by atoms with Gasteiger partial charge in [0.1, 0.15) is 5.75 Å². The largest absolute Gasteiger partial charge is 0.423 e. The van der Waals surface area contributed by atoms with Crippen molar-refractivity contribution in [2.75, 3.05) is 0 Å². The summed E-state index contributed by atoms with van der Waals surface area (Å²) in [6.45, 7) is 0. The molecule has 4 nitrogen and oxygen atoms in total. The molecule has 7 heteroatoms. The molecule has 23 heavy (non-hydrogen) atoms. The number of benzene rings is 2. The van der Waals surface area contributed by atoms with E-state index in [2.05, 4.69) is 4.98 Å². The summed E-state index contributed by atoms with van der Waals surface area (Å²) >= 11 is 0. The van der Waals surface area contributed by atoms with Crippen molar-refractivity contribution in [3.8, 4) is 5.75 Å². The van der Waals surface area contributed by atoms with Gasteiger partial charge in [-0.3, -0.25) is 0 Å². The highest BCUT2D eigenvalue weighted by atomic mass is 19.4. The number of hydrogen-bond acceptors (Lipinski definition) is 3. The number of fused-ring (bicyclic) bond motifs is 1. The van der Waals surface area contributed by atoms with E-state index in [4.69, 9.17) is 4.74 Å². The van der Waals surface area contributed by atoms with Gasteiger partial charge < -0.3 is 9.30 Å². The van der Waals surface area contributed by atoms with Crippen molar-refractivity contribution in [1.29, 1.82) is 0 Å². The van der Waals surface area contributed by atoms with Gasteiger partial charge in [0.2, 0.25) is 0 Å². The molecule has 0 bridgehead atoms. The highest BCUT2D eigenvalue weighted by Crippen LogP contribution is 2.30. The fourth-order valence-electron chi connectivity index (χ4n) is 2.17. The Bertz CT molecular complexity index is 884. The summed E-state index contributed by atoms with van der Waals surface area (Å²) in [6, 6.07) is 8.95. The van der Waals surface area contributed by atoms with Crippen LogP contribution in [0.3, 0.4) is 0 Å². The minimum Gasteiger partial charge on any atom is -0.423 e. The smallest absolute Gasteiger partial charge is 0.416 e. The predicted octanol–water partition coefficient (Wildman–Crippen LogP) is 3.81. The van der Waals surface area contributed by atoms with Crippen LogP contribution in [0, 0.1) is 0 Å². The van der Waals surface area contributed by atoms with Crippen LogP contribution in [-0.2, 0) is 13.2 Å². The number of nitrogens with zero attached hydrogens (tertiary/aromatic N) is 2. The lowest BCUT2D eigenvalue weighted by Gasteiger charge is -2.08. The van der Waals surface area contributed by atoms with Crippen molar-refractivity contribution in [2.45, 2.75) is 6.18 Å². The van der Waals surface area contributed by atoms with E-state index < -0.39 is 17.7 Å². The van der Waals surface area contributed by atoms with Gasteiger partial charge in [-0.2, -0.15) is 13.2 Å². The van der Waals surface area contributed by atoms with E-state index in [0.29, 0.717) is 5.52 Å². The molecule has 0 saturated heterocycles. The summed E-state index contributed by atoms with van der Waals surface area (Å²) in [6.07, 6.45) is -2.90. The third kappa shape index (κ3) is 3.03. The lowest BCUT2D eigenvalue weighted by molar-refractivity contribution is -0.137. The third-order valence-electron chi connectivity index (χ3n) is 3.33. The normalized spacial score (nSPS) is 11.7. The topological polar surface area (TPSA) is 44.1 Å². The maximum atomic E-state index is 12.7. The Hall–Kier alpha value is -2.83. The molecule has 1 aromatic heterocycles. The molecule has 0 saturated carbocycles. The highest BCUT2D eigenvalue weighted by Gasteiger charge is 2.31. The van der Waals surface area contributed by atoms with Crippen LogP contribution in [0.2, 0.25) is 0 Å². The van der Waals surface area contributed by atoms with Gasteiger partial charge in [-0.15, -0.1) is 0 Å². The Kier molecular flexibility index (Phi) is 3.55. The molecule has 0 amide bonds. The monoisotopic (exact) mass is 320 g/mol. The summed E-state index contributed by atoms with van der Waals surface area (Å²) in [5.74, 6) is -0.634. The number of aromatic nitrogens is 2. The highest BCUT2D eigenvalue weighted by molar-refractivity contribution is 5.91. The summed E-state index contributed by atoms with van der Waals surface area (Å²) in [4.78, 5) is 16.1. The van der Waals surface area contributed by atoms with Gasteiger partial charge in [0.05, 0.1) is 28.5 Å². The molecule has 3 rings (SSSR count). The lowest BCUT2D eigenvalue weighted by atomic mass is 10.1. The van der Waals surface area contributed by atoms with Crippen molar-refractivity contribution in [3.05, 3.63) is 59.9 Å². The Morgan fingerprint density at radius 1 is 1.17 bits per heavy atom. The molecular weight excluding hydrogens is 309 g/mol. The Balaban J connectivity index is 1.85. The quantitative estimate of drug-likeness (QED) is 0.533. The van der Waals surface area contributed by atoms with Crippen molar-refractivity contribution in [3.63, 3.8) is 0 Å². The van der Waals surface area contributed by atoms with Crippen LogP contribution in [0.5, 0.6) is 5.75 Å². The zero-order valence-electron chi connectivity index (χ0n) is 12.0. The fraction of sp³-hybridized carbons (Fsp3) is 0.125. The van der Waals surface area contributed by atoms with Crippen LogP contribution in [0.15, 0.2) is 48.8 Å². The minimum absolute atomic E-state index is 0.166. The van der Waals surface area contributed by atoms with E-state index in [9.17, 15) is 18.0 Å². The average Bonchev–Trinajstić information content (AvgIpc) is 2.87. The number of carbonyl (C=O) groups excluding carboxylic acids is 1. The van der Waals surface area contributed by atoms with Gasteiger partial charge in [-0.05, 0) is 30.3 Å². The van der Waals surface area contributed by atoms with E-state index in [1.165, 1.54) is 12.1 Å². The molecular formula is C16H11F3N2O2. The first-order valence-corrected chi connectivity index (χ1v) is 6.65. The first kappa shape index (κ1) is 15.1.